The molecule has 6 heteroatoms. The fourth-order valence-electron chi connectivity index (χ4n) is 7.08. The van der Waals surface area contributed by atoms with Crippen molar-refractivity contribution in [2.24, 2.45) is 28.4 Å². The van der Waals surface area contributed by atoms with Crippen molar-refractivity contribution >= 4 is 29.1 Å². The molecule has 0 saturated heterocycles. The van der Waals surface area contributed by atoms with E-state index in [9.17, 15) is 4.79 Å². The first-order valence-corrected chi connectivity index (χ1v) is 11.6. The molecule has 0 unspecified atom stereocenters. The number of amides is 1. The van der Waals surface area contributed by atoms with Crippen molar-refractivity contribution in [1.29, 1.82) is 0 Å². The molecule has 0 aromatic heterocycles. The van der Waals surface area contributed by atoms with Crippen LogP contribution in [0.4, 0.5) is 0 Å². The largest absolute Gasteiger partial charge is 0.486 e. The average Bonchev–Trinajstić information content (AvgIpc) is 3.01. The van der Waals surface area contributed by atoms with E-state index in [1.165, 1.54) is 0 Å². The van der Waals surface area contributed by atoms with E-state index in [-0.39, 0.29) is 28.2 Å². The zero-order valence-corrected chi connectivity index (χ0v) is 19.1. The van der Waals surface area contributed by atoms with E-state index < -0.39 is 5.60 Å². The Kier molecular flexibility index (Phi) is 4.16. The first-order chi connectivity index (χ1) is 13.5. The molecule has 6 atom stereocenters. The maximum atomic E-state index is 12.3. The van der Waals surface area contributed by atoms with Crippen LogP contribution < -0.4 is 15.8 Å². The monoisotopic (exact) mass is 436 g/mol. The first kappa shape index (κ1) is 20.0. The lowest BCUT2D eigenvalue weighted by Crippen LogP contribution is -2.73. The highest BCUT2D eigenvalue weighted by molar-refractivity contribution is 6.32. The summed E-state index contributed by atoms with van der Waals surface area (Å²) < 4.78 is 7.11. The third-order valence-electron chi connectivity index (χ3n) is 8.96. The van der Waals surface area contributed by atoms with Crippen LogP contribution in [0.15, 0.2) is 6.07 Å². The highest BCUT2D eigenvalue weighted by atomic mass is 35.5. The Bertz CT molecular complexity index is 917. The minimum Gasteiger partial charge on any atom is -0.486 e. The molecule has 0 bridgehead atoms. The molecule has 5 rings (SSSR count). The number of nitrogens with two attached hydrogens (primary N) is 1. The summed E-state index contributed by atoms with van der Waals surface area (Å²) in [5.74, 6) is 1.52. The van der Waals surface area contributed by atoms with Gasteiger partial charge in [0.2, 0.25) is 0 Å². The second-order valence-electron chi connectivity index (χ2n) is 10.6. The average molecular weight is 437 g/mol. The van der Waals surface area contributed by atoms with E-state index in [1.807, 2.05) is 6.07 Å². The number of hydrogen-bond acceptors (Lipinski definition) is 3. The molecule has 1 aromatic rings. The lowest BCUT2D eigenvalue weighted by Gasteiger charge is -2.68. The summed E-state index contributed by atoms with van der Waals surface area (Å²) in [4.78, 5) is 12.3. The molecule has 1 amide bonds. The summed E-state index contributed by atoms with van der Waals surface area (Å²) >= 11 is 13.6. The van der Waals surface area contributed by atoms with Crippen molar-refractivity contribution in [3.05, 3.63) is 27.8 Å². The minimum atomic E-state index is -0.407. The quantitative estimate of drug-likeness (QED) is 0.580. The van der Waals surface area contributed by atoms with E-state index in [1.54, 1.807) is 0 Å². The summed E-state index contributed by atoms with van der Waals surface area (Å²) in [5.41, 5.74) is 8.63. The van der Waals surface area contributed by atoms with Gasteiger partial charge in [0.1, 0.15) is 11.4 Å². The number of halogens is 2. The molecule has 158 valence electrons. The Morgan fingerprint density at radius 3 is 2.69 bits per heavy atom. The van der Waals surface area contributed by atoms with Crippen LogP contribution in [-0.2, 0) is 13.0 Å². The number of benzene rings is 1. The number of hydrogen-bond donors (Lipinski definition) is 2. The molecular formula is C23H30Cl2N2O2. The summed E-state index contributed by atoms with van der Waals surface area (Å²) in [5, 5.41) is 3.48. The molecule has 1 aromatic carbocycles. The van der Waals surface area contributed by atoms with Gasteiger partial charge in [-0.3, -0.25) is 4.79 Å². The van der Waals surface area contributed by atoms with Crippen LogP contribution in [-0.4, -0.2) is 22.9 Å². The third-order valence-corrected chi connectivity index (χ3v) is 10.2. The van der Waals surface area contributed by atoms with Crippen LogP contribution in [0.2, 0.25) is 5.02 Å². The van der Waals surface area contributed by atoms with E-state index in [0.29, 0.717) is 29.0 Å². The van der Waals surface area contributed by atoms with Gasteiger partial charge in [0, 0.05) is 52.1 Å². The van der Waals surface area contributed by atoms with E-state index >= 15 is 0 Å². The van der Waals surface area contributed by atoms with E-state index in [0.717, 1.165) is 42.6 Å². The molecule has 2 aliphatic heterocycles. The van der Waals surface area contributed by atoms with Gasteiger partial charge in [-0.1, -0.05) is 39.3 Å². The number of nitrogens with one attached hydrogen (secondary N) is 1. The summed E-state index contributed by atoms with van der Waals surface area (Å²) in [7, 11) is 0. The Morgan fingerprint density at radius 1 is 1.24 bits per heavy atom. The zero-order valence-electron chi connectivity index (χ0n) is 17.6. The molecule has 2 aliphatic carbocycles. The number of rotatable bonds is 0. The Hall–Kier alpha value is -0.970. The molecule has 3 N–H and O–H groups in total. The molecule has 2 heterocycles. The van der Waals surface area contributed by atoms with Crippen LogP contribution in [0.3, 0.4) is 0 Å². The van der Waals surface area contributed by atoms with Gasteiger partial charge in [0.15, 0.2) is 0 Å². The molecular weight excluding hydrogens is 407 g/mol. The van der Waals surface area contributed by atoms with Gasteiger partial charge in [-0.15, -0.1) is 11.6 Å². The highest BCUT2D eigenvalue weighted by Gasteiger charge is 2.69. The minimum absolute atomic E-state index is 0.0748. The fraction of sp³-hybridized carbons (Fsp3) is 0.696. The van der Waals surface area contributed by atoms with Gasteiger partial charge >= 0.3 is 0 Å². The molecule has 1 spiro atoms. The lowest BCUT2D eigenvalue weighted by molar-refractivity contribution is -0.212. The smallest absolute Gasteiger partial charge is 0.252 e. The molecule has 2 saturated carbocycles. The van der Waals surface area contributed by atoms with Crippen molar-refractivity contribution in [1.82, 2.24) is 5.32 Å². The van der Waals surface area contributed by atoms with Crippen molar-refractivity contribution in [3.63, 3.8) is 0 Å². The first-order valence-electron chi connectivity index (χ1n) is 10.7. The Balaban J connectivity index is 1.75. The van der Waals surface area contributed by atoms with Crippen LogP contribution in [0.25, 0.3) is 0 Å². The normalized spacial score (nSPS) is 42.1. The number of carbonyl (C=O) groups excluding carboxylic acids is 1. The van der Waals surface area contributed by atoms with Crippen molar-refractivity contribution in [3.8, 4) is 5.75 Å². The second-order valence-corrected chi connectivity index (χ2v) is 11.5. The Labute approximate surface area is 182 Å². The Morgan fingerprint density at radius 2 is 1.97 bits per heavy atom. The molecule has 2 fully saturated rings. The molecule has 0 radical (unpaired) electrons. The second kappa shape index (κ2) is 6.05. The van der Waals surface area contributed by atoms with Crippen LogP contribution in [0, 0.1) is 22.7 Å². The highest BCUT2D eigenvalue weighted by Crippen LogP contribution is 2.67. The van der Waals surface area contributed by atoms with Crippen LogP contribution >= 0.6 is 23.2 Å². The maximum absolute atomic E-state index is 12.3. The number of alkyl halides is 1. The molecule has 4 aliphatic rings. The predicted molar refractivity (Wildman–Crippen MR) is 116 cm³/mol. The van der Waals surface area contributed by atoms with Gasteiger partial charge in [-0.05, 0) is 36.7 Å². The van der Waals surface area contributed by atoms with E-state index in [4.69, 9.17) is 33.7 Å². The lowest BCUT2D eigenvalue weighted by atomic mass is 9.43. The van der Waals surface area contributed by atoms with Gasteiger partial charge in [-0.25, -0.2) is 0 Å². The van der Waals surface area contributed by atoms with Gasteiger partial charge in [-0.2, -0.15) is 0 Å². The molecule has 29 heavy (non-hydrogen) atoms. The van der Waals surface area contributed by atoms with Crippen molar-refractivity contribution in [2.75, 3.05) is 0 Å². The molecule has 4 nitrogen and oxygen atoms in total. The topological polar surface area (TPSA) is 64.3 Å². The van der Waals surface area contributed by atoms with Gasteiger partial charge in [0.25, 0.3) is 5.91 Å². The summed E-state index contributed by atoms with van der Waals surface area (Å²) in [6.45, 7) is 9.69. The van der Waals surface area contributed by atoms with Gasteiger partial charge < -0.3 is 15.8 Å². The SMILES string of the molecule is C[C@H]1CC[C@H]2C(C)(C)[C@@H](Cl)[C@H](N)C[C@]23Oc2c(c(Cl)cc4c2CNC4=O)C[C@]13C. The summed E-state index contributed by atoms with van der Waals surface area (Å²) in [6, 6.07) is 1.68. The van der Waals surface area contributed by atoms with Crippen molar-refractivity contribution in [2.45, 2.75) is 76.9 Å². The standard InChI is InChI=1S/C23H30Cl2N2O2/c1-11-5-6-17-21(2,3)19(25)16(26)9-23(17)22(11,4)8-13-15(24)7-12-14(18(13)29-23)10-27-20(12)28/h7,11,16-17,19H,5-6,8-10,26H2,1-4H3,(H,27,28)/t11-,16+,17-,19-,22+,23-/m0/s1. The van der Waals surface area contributed by atoms with Gasteiger partial charge in [0.05, 0.1) is 5.38 Å². The van der Waals surface area contributed by atoms with Crippen LogP contribution in [0.5, 0.6) is 5.75 Å². The zero-order chi connectivity index (χ0) is 20.9. The van der Waals surface area contributed by atoms with Crippen LogP contribution in [0.1, 0.15) is 68.4 Å². The van der Waals surface area contributed by atoms with E-state index in [2.05, 4.69) is 33.0 Å². The van der Waals surface area contributed by atoms with Crippen molar-refractivity contribution < 1.29 is 9.53 Å². The summed E-state index contributed by atoms with van der Waals surface area (Å²) in [6.07, 6.45) is 3.80. The number of carbonyl (C=O) groups is 1. The number of ether oxygens (including phenoxy) is 1. The predicted octanol–water partition coefficient (Wildman–Crippen LogP) is 4.67. The number of fused-ring (bicyclic) bond motifs is 3. The third kappa shape index (κ3) is 2.34. The maximum Gasteiger partial charge on any atom is 0.252 e. The fourth-order valence-corrected chi connectivity index (χ4v) is 7.58.